The molecule has 2 aromatic heterocycles. The Balaban J connectivity index is 2.13. The number of hydrogen-bond donors (Lipinski definition) is 2. The van der Waals surface area contributed by atoms with Crippen molar-refractivity contribution in [1.29, 1.82) is 0 Å². The number of fused-ring (bicyclic) bond motifs is 1. The second-order valence-electron chi connectivity index (χ2n) is 6.12. The predicted molar refractivity (Wildman–Crippen MR) is 113 cm³/mol. The highest BCUT2D eigenvalue weighted by atomic mass is 35.5. The maximum absolute atomic E-state index is 14.2. The van der Waals surface area contributed by atoms with E-state index >= 15 is 0 Å². The first-order valence-corrected chi connectivity index (χ1v) is 10.6. The lowest BCUT2D eigenvalue weighted by Crippen LogP contribution is -2.37. The molecule has 0 radical (unpaired) electrons. The molecular weight excluding hydrogens is 490 g/mol. The molecular formula is C18H17ClF2N4O7S. The number of aromatic nitrogens is 3. The van der Waals surface area contributed by atoms with Gasteiger partial charge in [0.15, 0.2) is 0 Å². The number of hydrogen-bond acceptors (Lipinski definition) is 9. The average molecular weight is 507 g/mol. The van der Waals surface area contributed by atoms with E-state index in [1.54, 1.807) is 18.2 Å². The van der Waals surface area contributed by atoms with E-state index in [1.807, 2.05) is 0 Å². The summed E-state index contributed by atoms with van der Waals surface area (Å²) >= 11 is 5.96. The maximum Gasteiger partial charge on any atom is 0.502 e. The van der Waals surface area contributed by atoms with Gasteiger partial charge >= 0.3 is 12.1 Å². The smallest absolute Gasteiger partial charge is 0.478 e. The van der Waals surface area contributed by atoms with E-state index < -0.39 is 46.4 Å². The standard InChI is InChI=1S/C18H17ClF2N4O7S/c1-4-31-16(26)18(20,21)32-13-14(29-2)23-17(24-15(13)30-3)25(33(27)28)12-8-22-11-7-9(19)5-6-10(11)12/h5-8,22,33H,4H2,1-3H3. The third kappa shape index (κ3) is 4.85. The van der Waals surface area contributed by atoms with E-state index in [4.69, 9.17) is 21.1 Å². The van der Waals surface area contributed by atoms with E-state index in [0.29, 0.717) is 20.2 Å². The fourth-order valence-electron chi connectivity index (χ4n) is 2.77. The number of ether oxygens (including phenoxy) is 4. The lowest BCUT2D eigenvalue weighted by atomic mass is 10.2. The highest BCUT2D eigenvalue weighted by molar-refractivity contribution is 7.74. The molecule has 0 saturated heterocycles. The molecule has 33 heavy (non-hydrogen) atoms. The molecule has 0 bridgehead atoms. The number of alkyl halides is 2. The first-order chi connectivity index (χ1) is 15.6. The van der Waals surface area contributed by atoms with Gasteiger partial charge in [0.1, 0.15) is 0 Å². The van der Waals surface area contributed by atoms with Crippen molar-refractivity contribution < 1.29 is 40.9 Å². The topological polar surface area (TPSA) is 133 Å². The monoisotopic (exact) mass is 506 g/mol. The van der Waals surface area contributed by atoms with Crippen molar-refractivity contribution in [1.82, 2.24) is 15.0 Å². The van der Waals surface area contributed by atoms with E-state index in [9.17, 15) is 22.0 Å². The Morgan fingerprint density at radius 1 is 1.21 bits per heavy atom. The molecule has 15 heteroatoms. The number of carbonyl (C=O) groups excluding carboxylic acids is 1. The van der Waals surface area contributed by atoms with Crippen LogP contribution in [-0.4, -0.2) is 56.3 Å². The number of aromatic amines is 1. The number of anilines is 2. The molecule has 0 unspecified atom stereocenters. The lowest BCUT2D eigenvalue weighted by Gasteiger charge is -2.21. The Morgan fingerprint density at radius 2 is 1.85 bits per heavy atom. The summed E-state index contributed by atoms with van der Waals surface area (Å²) in [6, 6.07) is 4.70. The number of H-pyrrole nitrogens is 1. The summed E-state index contributed by atoms with van der Waals surface area (Å²) in [5.41, 5.74) is 0.639. The van der Waals surface area contributed by atoms with Gasteiger partial charge in [0, 0.05) is 22.1 Å². The summed E-state index contributed by atoms with van der Waals surface area (Å²) in [7, 11) is -1.25. The number of nitrogens with one attached hydrogen (secondary N) is 1. The molecule has 0 spiro atoms. The van der Waals surface area contributed by atoms with Crippen LogP contribution < -0.4 is 18.5 Å². The van der Waals surface area contributed by atoms with E-state index in [2.05, 4.69) is 24.4 Å². The minimum Gasteiger partial charge on any atom is -0.478 e. The van der Waals surface area contributed by atoms with Crippen molar-refractivity contribution in [2.45, 2.75) is 13.0 Å². The number of esters is 1. The number of benzene rings is 1. The van der Waals surface area contributed by atoms with E-state index in [-0.39, 0.29) is 12.3 Å². The molecule has 1 aromatic carbocycles. The Morgan fingerprint density at radius 3 is 2.39 bits per heavy atom. The number of thiol groups is 1. The minimum atomic E-state index is -4.43. The van der Waals surface area contributed by atoms with Gasteiger partial charge in [0.2, 0.25) is 10.9 Å². The van der Waals surface area contributed by atoms with Gasteiger partial charge in [0.25, 0.3) is 23.5 Å². The number of nitrogens with zero attached hydrogens (tertiary/aromatic N) is 3. The molecule has 2 heterocycles. The maximum atomic E-state index is 14.2. The third-order valence-electron chi connectivity index (χ3n) is 4.12. The van der Waals surface area contributed by atoms with Gasteiger partial charge in [-0.05, 0) is 25.1 Å². The van der Waals surface area contributed by atoms with Crippen LogP contribution >= 0.6 is 11.6 Å². The molecule has 3 rings (SSSR count). The van der Waals surface area contributed by atoms with Crippen LogP contribution in [0.25, 0.3) is 10.9 Å². The zero-order valence-electron chi connectivity index (χ0n) is 17.3. The summed E-state index contributed by atoms with van der Waals surface area (Å²) in [6.45, 7) is 1.02. The van der Waals surface area contributed by atoms with Crippen LogP contribution in [0.5, 0.6) is 17.5 Å². The molecule has 178 valence electrons. The predicted octanol–water partition coefficient (Wildman–Crippen LogP) is 2.83. The van der Waals surface area contributed by atoms with Crippen molar-refractivity contribution in [2.24, 2.45) is 0 Å². The van der Waals surface area contributed by atoms with Crippen molar-refractivity contribution >= 4 is 51.0 Å². The normalized spacial score (nSPS) is 11.5. The first-order valence-electron chi connectivity index (χ1n) is 9.08. The number of methoxy groups -OCH3 is 2. The molecule has 0 atom stereocenters. The van der Waals surface area contributed by atoms with Crippen molar-refractivity contribution in [3.63, 3.8) is 0 Å². The molecule has 0 amide bonds. The van der Waals surface area contributed by atoms with Crippen molar-refractivity contribution in [2.75, 3.05) is 25.1 Å². The Kier molecular flexibility index (Phi) is 7.07. The molecule has 0 aliphatic heterocycles. The molecule has 0 aliphatic carbocycles. The van der Waals surface area contributed by atoms with Crippen molar-refractivity contribution in [3.05, 3.63) is 29.4 Å². The average Bonchev–Trinajstić information content (AvgIpc) is 3.16. The lowest BCUT2D eigenvalue weighted by molar-refractivity contribution is -0.217. The molecule has 0 saturated carbocycles. The SMILES string of the molecule is CCOC(=O)C(F)(F)Oc1c(OC)nc(N(c2c[nH]c3cc(Cl)ccc23)[SH](=O)=O)nc1OC. The summed E-state index contributed by atoms with van der Waals surface area (Å²) in [4.78, 5) is 22.1. The van der Waals surface area contributed by atoms with Gasteiger partial charge in [-0.25, -0.2) is 17.5 Å². The van der Waals surface area contributed by atoms with Crippen LogP contribution in [0.3, 0.4) is 0 Å². The fraction of sp³-hybridized carbons (Fsp3) is 0.278. The Hall–Kier alpha value is -3.39. The zero-order valence-corrected chi connectivity index (χ0v) is 18.9. The number of halogens is 3. The second kappa shape index (κ2) is 9.62. The number of carbonyl (C=O) groups is 1. The van der Waals surface area contributed by atoms with Crippen LogP contribution in [0.4, 0.5) is 20.4 Å². The second-order valence-corrected chi connectivity index (χ2v) is 7.44. The van der Waals surface area contributed by atoms with Crippen LogP contribution in [0.1, 0.15) is 6.92 Å². The van der Waals surface area contributed by atoms with Crippen LogP contribution in [0, 0.1) is 0 Å². The highest BCUT2D eigenvalue weighted by Crippen LogP contribution is 2.41. The van der Waals surface area contributed by atoms with E-state index in [1.165, 1.54) is 13.1 Å². The summed E-state index contributed by atoms with van der Waals surface area (Å²) < 4.78 is 72.0. The van der Waals surface area contributed by atoms with Crippen LogP contribution in [0.15, 0.2) is 24.4 Å². The molecule has 1 N–H and O–H groups in total. The van der Waals surface area contributed by atoms with Gasteiger partial charge in [0.05, 0.1) is 26.5 Å². The quantitative estimate of drug-likeness (QED) is 0.332. The summed E-state index contributed by atoms with van der Waals surface area (Å²) in [6.07, 6.45) is -3.06. The largest absolute Gasteiger partial charge is 0.502 e. The summed E-state index contributed by atoms with van der Waals surface area (Å²) in [5.74, 6) is -4.54. The van der Waals surface area contributed by atoms with Gasteiger partial charge in [-0.1, -0.05) is 11.6 Å². The highest BCUT2D eigenvalue weighted by Gasteiger charge is 2.46. The molecule has 0 aliphatic rings. The van der Waals surface area contributed by atoms with Crippen LogP contribution in [0.2, 0.25) is 5.02 Å². The first kappa shape index (κ1) is 24.3. The van der Waals surface area contributed by atoms with Gasteiger partial charge in [-0.2, -0.15) is 18.7 Å². The Labute approximate surface area is 192 Å². The Bertz CT molecular complexity index is 1230. The summed E-state index contributed by atoms with van der Waals surface area (Å²) in [5, 5.41) is 0.867. The molecule has 0 fully saturated rings. The minimum absolute atomic E-state index is 0.118. The fourth-order valence-corrected chi connectivity index (χ4v) is 3.52. The van der Waals surface area contributed by atoms with E-state index in [0.717, 1.165) is 14.2 Å². The molecule has 3 aromatic rings. The van der Waals surface area contributed by atoms with Gasteiger partial charge < -0.3 is 23.9 Å². The number of rotatable bonds is 9. The molecule has 11 nitrogen and oxygen atoms in total. The van der Waals surface area contributed by atoms with Gasteiger partial charge in [-0.15, -0.1) is 0 Å². The third-order valence-corrected chi connectivity index (χ3v) is 5.08. The van der Waals surface area contributed by atoms with Gasteiger partial charge in [-0.3, -0.25) is 0 Å². The zero-order chi connectivity index (χ0) is 24.3. The van der Waals surface area contributed by atoms with Crippen LogP contribution in [-0.2, 0) is 20.4 Å². The van der Waals surface area contributed by atoms with Crippen molar-refractivity contribution in [3.8, 4) is 17.5 Å².